The van der Waals surface area contributed by atoms with Gasteiger partial charge in [0.05, 0.1) is 11.8 Å². The molecule has 2 rings (SSSR count). The molecule has 2 aromatic rings. The molecule has 0 unspecified atom stereocenters. The van der Waals surface area contributed by atoms with Crippen molar-refractivity contribution in [3.05, 3.63) is 47.9 Å². The summed E-state index contributed by atoms with van der Waals surface area (Å²) in [6.45, 7) is 0.0428. The van der Waals surface area contributed by atoms with Crippen molar-refractivity contribution < 1.29 is 22.3 Å². The molecule has 1 N–H and O–H groups in total. The van der Waals surface area contributed by atoms with Crippen LogP contribution in [-0.4, -0.2) is 11.4 Å². The fraction of sp³-hybridized carbons (Fsp3) is 0.200. The molecule has 0 amide bonds. The van der Waals surface area contributed by atoms with Gasteiger partial charge in [-0.3, -0.25) is 5.32 Å². The van der Waals surface area contributed by atoms with Crippen molar-refractivity contribution in [2.45, 2.75) is 12.8 Å². The summed E-state index contributed by atoms with van der Waals surface area (Å²) in [4.78, 5) is 4.03. The molecule has 0 saturated heterocycles. The zero-order valence-electron chi connectivity index (χ0n) is 12.4. The molecule has 0 bridgehead atoms. The van der Waals surface area contributed by atoms with E-state index in [0.29, 0.717) is 5.76 Å². The Balaban J connectivity index is 2.35. The summed E-state index contributed by atoms with van der Waals surface area (Å²) >= 11 is 1.09. The zero-order chi connectivity index (χ0) is 17.6. The highest BCUT2D eigenvalue weighted by molar-refractivity contribution is 8.13. The average molecular weight is 355 g/mol. The van der Waals surface area contributed by atoms with E-state index in [1.807, 2.05) is 0 Å². The monoisotopic (exact) mass is 355 g/mol. The first-order valence-electron chi connectivity index (χ1n) is 6.58. The predicted octanol–water partition coefficient (Wildman–Crippen LogP) is 4.30. The van der Waals surface area contributed by atoms with Gasteiger partial charge in [0, 0.05) is 0 Å². The van der Waals surface area contributed by atoms with Gasteiger partial charge in [-0.25, -0.2) is 4.99 Å². The number of nitrogens with one attached hydrogen (secondary N) is 1. The molecule has 0 aliphatic heterocycles. The summed E-state index contributed by atoms with van der Waals surface area (Å²) < 4.78 is 49.3. The maximum Gasteiger partial charge on any atom is 0.416 e. The van der Waals surface area contributed by atoms with Crippen LogP contribution in [0.5, 0.6) is 5.75 Å². The van der Waals surface area contributed by atoms with Gasteiger partial charge in [-0.2, -0.15) is 18.4 Å². The number of benzene rings is 1. The van der Waals surface area contributed by atoms with Crippen LogP contribution in [0.1, 0.15) is 11.3 Å². The molecule has 1 aromatic carbocycles. The first-order valence-corrected chi connectivity index (χ1v) is 7.80. The summed E-state index contributed by atoms with van der Waals surface area (Å²) in [6, 6.07) is 6.32. The van der Waals surface area contributed by atoms with E-state index in [1.54, 1.807) is 24.6 Å². The average Bonchev–Trinajstić information content (AvgIpc) is 3.05. The van der Waals surface area contributed by atoms with Crippen LogP contribution in [-0.2, 0) is 12.8 Å². The van der Waals surface area contributed by atoms with E-state index in [1.165, 1.54) is 12.3 Å². The molecule has 0 atom stereocenters. The lowest BCUT2D eigenvalue weighted by atomic mass is 10.2. The molecule has 0 saturated carbocycles. The Bertz CT molecular complexity index is 752. The first-order chi connectivity index (χ1) is 11.4. The van der Waals surface area contributed by atoms with Gasteiger partial charge in [0.25, 0.3) is 0 Å². The van der Waals surface area contributed by atoms with E-state index in [4.69, 9.17) is 14.4 Å². The minimum absolute atomic E-state index is 0.0384. The third-order valence-electron chi connectivity index (χ3n) is 2.81. The van der Waals surface area contributed by atoms with Gasteiger partial charge in [-0.05, 0) is 36.6 Å². The lowest BCUT2D eigenvalue weighted by molar-refractivity contribution is -0.137. The van der Waals surface area contributed by atoms with E-state index < -0.39 is 11.7 Å². The summed E-state index contributed by atoms with van der Waals surface area (Å²) in [5.41, 5.74) is -0.896. The molecule has 0 aliphatic rings. The largest absolute Gasteiger partial charge is 0.483 e. The van der Waals surface area contributed by atoms with Gasteiger partial charge >= 0.3 is 6.18 Å². The minimum atomic E-state index is -4.51. The number of nitriles is 1. The van der Waals surface area contributed by atoms with Crippen LogP contribution in [0, 0.1) is 11.5 Å². The van der Waals surface area contributed by atoms with Crippen molar-refractivity contribution in [3.63, 3.8) is 0 Å². The highest BCUT2D eigenvalue weighted by atomic mass is 32.2. The van der Waals surface area contributed by atoms with Crippen LogP contribution in [0.15, 0.2) is 46.0 Å². The number of aliphatic imine (C=N–C) groups is 1. The molecule has 1 heterocycles. The molecule has 0 fully saturated rings. The Kier molecular flexibility index (Phi) is 5.76. The number of nitrogens with zero attached hydrogens (tertiary/aromatic N) is 2. The Morgan fingerprint density at radius 3 is 2.79 bits per heavy atom. The Hall–Kier alpha value is -2.60. The number of amidine groups is 1. The normalized spacial score (nSPS) is 11.9. The lowest BCUT2D eigenvalue weighted by Gasteiger charge is -2.12. The SMILES string of the molecule is CSC(=Nc1cc(C(F)(F)F)ccc1OCc1ccco1)NC#N. The smallest absolute Gasteiger partial charge is 0.416 e. The Morgan fingerprint density at radius 1 is 1.42 bits per heavy atom. The number of hydrogen-bond acceptors (Lipinski definition) is 5. The van der Waals surface area contributed by atoms with Crippen LogP contribution in [0.25, 0.3) is 0 Å². The topological polar surface area (TPSA) is 70.6 Å². The molecule has 1 aromatic heterocycles. The van der Waals surface area contributed by atoms with Gasteiger partial charge in [-0.15, -0.1) is 0 Å². The van der Waals surface area contributed by atoms with Crippen LogP contribution in [0.4, 0.5) is 18.9 Å². The van der Waals surface area contributed by atoms with Crippen molar-refractivity contribution in [3.8, 4) is 11.9 Å². The molecule has 9 heteroatoms. The third kappa shape index (κ3) is 4.70. The van der Waals surface area contributed by atoms with E-state index in [2.05, 4.69) is 10.3 Å². The van der Waals surface area contributed by atoms with Gasteiger partial charge in [0.1, 0.15) is 23.8 Å². The second-order valence-electron chi connectivity index (χ2n) is 4.41. The number of alkyl halides is 3. The second kappa shape index (κ2) is 7.79. The van der Waals surface area contributed by atoms with E-state index in [9.17, 15) is 13.2 Å². The summed E-state index contributed by atoms with van der Waals surface area (Å²) in [5.74, 6) is 0.663. The van der Waals surface area contributed by atoms with Crippen LogP contribution < -0.4 is 10.1 Å². The first kappa shape index (κ1) is 17.7. The number of furan rings is 1. The van der Waals surface area contributed by atoms with Gasteiger partial charge < -0.3 is 9.15 Å². The molecular weight excluding hydrogens is 343 g/mol. The molecule has 24 heavy (non-hydrogen) atoms. The highest BCUT2D eigenvalue weighted by Gasteiger charge is 2.31. The molecule has 5 nitrogen and oxygen atoms in total. The predicted molar refractivity (Wildman–Crippen MR) is 83.8 cm³/mol. The maximum atomic E-state index is 12.9. The van der Waals surface area contributed by atoms with Crippen molar-refractivity contribution in [1.29, 1.82) is 5.26 Å². The van der Waals surface area contributed by atoms with E-state index in [-0.39, 0.29) is 23.2 Å². The lowest BCUT2D eigenvalue weighted by Crippen LogP contribution is -2.12. The molecule has 0 spiro atoms. The van der Waals surface area contributed by atoms with Crippen molar-refractivity contribution in [1.82, 2.24) is 5.32 Å². The number of hydrogen-bond donors (Lipinski definition) is 1. The molecule has 0 radical (unpaired) electrons. The van der Waals surface area contributed by atoms with E-state index >= 15 is 0 Å². The Labute approximate surface area is 140 Å². The Morgan fingerprint density at radius 2 is 2.21 bits per heavy atom. The van der Waals surface area contributed by atoms with Crippen LogP contribution in [0.3, 0.4) is 0 Å². The highest BCUT2D eigenvalue weighted by Crippen LogP contribution is 2.37. The van der Waals surface area contributed by atoms with Crippen molar-refractivity contribution in [2.24, 2.45) is 4.99 Å². The van der Waals surface area contributed by atoms with Crippen molar-refractivity contribution >= 4 is 22.6 Å². The number of thioether (sulfide) groups is 1. The van der Waals surface area contributed by atoms with E-state index in [0.717, 1.165) is 23.9 Å². The van der Waals surface area contributed by atoms with Crippen LogP contribution >= 0.6 is 11.8 Å². The fourth-order valence-electron chi connectivity index (χ4n) is 1.73. The number of ether oxygens (including phenoxy) is 1. The number of rotatable bonds is 4. The number of halogens is 3. The fourth-order valence-corrected chi connectivity index (χ4v) is 2.07. The second-order valence-corrected chi connectivity index (χ2v) is 5.20. The summed E-state index contributed by atoms with van der Waals surface area (Å²) in [6.07, 6.45) is 0.275. The molecular formula is C15H12F3N3O2S. The zero-order valence-corrected chi connectivity index (χ0v) is 13.2. The summed E-state index contributed by atoms with van der Waals surface area (Å²) in [7, 11) is 0. The third-order valence-corrected chi connectivity index (χ3v) is 3.39. The van der Waals surface area contributed by atoms with Gasteiger partial charge in [0.2, 0.25) is 0 Å². The molecule has 126 valence electrons. The standard InChI is InChI=1S/C15H12F3N3O2S/c1-24-14(20-9-19)21-12-7-10(15(16,17)18)4-5-13(12)23-8-11-3-2-6-22-11/h2-7H,8H2,1H3,(H,20,21). The van der Waals surface area contributed by atoms with Gasteiger partial charge in [0.15, 0.2) is 11.4 Å². The van der Waals surface area contributed by atoms with Gasteiger partial charge in [-0.1, -0.05) is 11.8 Å². The molecule has 0 aliphatic carbocycles. The van der Waals surface area contributed by atoms with Crippen molar-refractivity contribution in [2.75, 3.05) is 6.26 Å². The minimum Gasteiger partial charge on any atom is -0.483 e. The quantitative estimate of drug-likeness (QED) is 0.383. The maximum absolute atomic E-state index is 12.9. The van der Waals surface area contributed by atoms with Crippen LogP contribution in [0.2, 0.25) is 0 Å². The summed E-state index contributed by atoms with van der Waals surface area (Å²) in [5, 5.41) is 11.1.